The zero-order chi connectivity index (χ0) is 22.1. The number of carbonyl (C=O) groups is 2. The molecule has 0 unspecified atom stereocenters. The lowest BCUT2D eigenvalue weighted by Crippen LogP contribution is -2.02. The second kappa shape index (κ2) is 10.2. The van der Waals surface area contributed by atoms with Crippen molar-refractivity contribution in [2.75, 3.05) is 21.3 Å². The molecule has 2 rings (SSSR count). The molecule has 2 aromatic rings. The molecule has 0 aliphatic carbocycles. The lowest BCUT2D eigenvalue weighted by atomic mass is 10.2. The van der Waals surface area contributed by atoms with Crippen molar-refractivity contribution in [3.63, 3.8) is 0 Å². The maximum Gasteiger partial charge on any atom is 0.338 e. The van der Waals surface area contributed by atoms with Crippen LogP contribution in [0.5, 0.6) is 11.5 Å². The van der Waals surface area contributed by atoms with Crippen molar-refractivity contribution in [1.82, 2.24) is 0 Å². The fraction of sp³-hybridized carbons (Fsp3) is 0.176. The molecule has 0 atom stereocenters. The largest absolute Gasteiger partial charge is 0.496 e. The molecule has 0 amide bonds. The van der Waals surface area contributed by atoms with Crippen LogP contribution in [-0.2, 0) is 4.74 Å². The number of esters is 1. The number of carboxylic acids is 1. The summed E-state index contributed by atoms with van der Waals surface area (Å²) in [5.74, 6) is -1.48. The van der Waals surface area contributed by atoms with E-state index in [0.717, 1.165) is 18.2 Å². The average Bonchev–Trinajstić information content (AvgIpc) is 2.72. The van der Waals surface area contributed by atoms with Crippen molar-refractivity contribution in [1.29, 1.82) is 0 Å². The first-order chi connectivity index (χ1) is 13.6. The third-order valence-corrected chi connectivity index (χ3v) is 3.34. The number of hydrogen-bond donors (Lipinski definition) is 1. The maximum atomic E-state index is 11.2. The van der Waals surface area contributed by atoms with Gasteiger partial charge in [-0.3, -0.25) is 20.2 Å². The van der Waals surface area contributed by atoms with Crippen molar-refractivity contribution in [3.8, 4) is 11.5 Å². The molecule has 12 nitrogen and oxygen atoms in total. The van der Waals surface area contributed by atoms with E-state index in [-0.39, 0.29) is 34.0 Å². The van der Waals surface area contributed by atoms with E-state index >= 15 is 0 Å². The summed E-state index contributed by atoms with van der Waals surface area (Å²) in [5, 5.41) is 29.6. The fourth-order valence-electron chi connectivity index (χ4n) is 1.97. The van der Waals surface area contributed by atoms with Crippen molar-refractivity contribution in [2.45, 2.75) is 0 Å². The Morgan fingerprint density at radius 2 is 1.21 bits per heavy atom. The molecule has 2 aromatic carbocycles. The predicted molar refractivity (Wildman–Crippen MR) is 97.6 cm³/mol. The second-order valence-corrected chi connectivity index (χ2v) is 5.15. The average molecular weight is 408 g/mol. The molecule has 12 heteroatoms. The zero-order valence-electron chi connectivity index (χ0n) is 15.5. The van der Waals surface area contributed by atoms with Crippen LogP contribution in [0.25, 0.3) is 0 Å². The van der Waals surface area contributed by atoms with Gasteiger partial charge in [0.2, 0.25) is 0 Å². The summed E-state index contributed by atoms with van der Waals surface area (Å²) in [5.41, 5.74) is -0.601. The second-order valence-electron chi connectivity index (χ2n) is 5.15. The van der Waals surface area contributed by atoms with Gasteiger partial charge in [-0.15, -0.1) is 0 Å². The summed E-state index contributed by atoms with van der Waals surface area (Å²) in [7, 11) is 3.87. The number of benzene rings is 2. The summed E-state index contributed by atoms with van der Waals surface area (Å²) in [4.78, 5) is 41.4. The Balaban J connectivity index is 0.000000291. The van der Waals surface area contributed by atoms with Gasteiger partial charge in [-0.2, -0.15) is 0 Å². The minimum Gasteiger partial charge on any atom is -0.496 e. The third kappa shape index (κ3) is 6.46. The molecule has 0 radical (unpaired) electrons. The number of ether oxygens (including phenoxy) is 3. The summed E-state index contributed by atoms with van der Waals surface area (Å²) >= 11 is 0. The molecule has 0 bridgehead atoms. The molecule has 0 spiro atoms. The highest BCUT2D eigenvalue weighted by Crippen LogP contribution is 2.23. The molecule has 1 N–H and O–H groups in total. The van der Waals surface area contributed by atoms with Crippen LogP contribution in [0.4, 0.5) is 11.4 Å². The summed E-state index contributed by atoms with van der Waals surface area (Å²) in [6.45, 7) is 0. The number of methoxy groups -OCH3 is 3. The standard InChI is InChI=1S/C9H9NO5.C8H7NO5/c1-14-8-4-6(9(11)15-2)3-7(5-8)10(12)13;1-14-7-3-5(8(10)11)2-6(4-7)9(12)13/h3-5H,1-2H3;2-4H,1H3,(H,10,11). The molecule has 154 valence electrons. The minimum atomic E-state index is -1.23. The van der Waals surface area contributed by atoms with Gasteiger partial charge < -0.3 is 19.3 Å². The van der Waals surface area contributed by atoms with Crippen molar-refractivity contribution < 1.29 is 38.8 Å². The SMILES string of the molecule is COC(=O)c1cc(OC)cc([N+](=O)[O-])c1.COc1cc(C(=O)O)cc([N+](=O)[O-])c1. The number of carbonyl (C=O) groups excluding carboxylic acids is 1. The van der Waals surface area contributed by atoms with E-state index in [1.807, 2.05) is 0 Å². The van der Waals surface area contributed by atoms with Crippen molar-refractivity contribution >= 4 is 23.3 Å². The highest BCUT2D eigenvalue weighted by Gasteiger charge is 2.15. The predicted octanol–water partition coefficient (Wildman–Crippen LogP) is 2.69. The number of non-ortho nitro benzene ring substituents is 2. The van der Waals surface area contributed by atoms with Crippen LogP contribution in [0.3, 0.4) is 0 Å². The number of carboxylic acid groups (broad SMARTS) is 1. The minimum absolute atomic E-state index is 0.0866. The molecular weight excluding hydrogens is 392 g/mol. The Labute approximate surface area is 163 Å². The Hall–Kier alpha value is -4.22. The third-order valence-electron chi connectivity index (χ3n) is 3.34. The van der Waals surface area contributed by atoms with E-state index in [0.29, 0.717) is 0 Å². The maximum absolute atomic E-state index is 11.2. The van der Waals surface area contributed by atoms with Crippen LogP contribution in [0.2, 0.25) is 0 Å². The van der Waals surface area contributed by atoms with Gasteiger partial charge in [0.1, 0.15) is 11.5 Å². The zero-order valence-corrected chi connectivity index (χ0v) is 15.5. The Morgan fingerprint density at radius 1 is 0.793 bits per heavy atom. The van der Waals surface area contributed by atoms with Gasteiger partial charge in [0.15, 0.2) is 0 Å². The van der Waals surface area contributed by atoms with Gasteiger partial charge in [0, 0.05) is 12.1 Å². The van der Waals surface area contributed by atoms with E-state index in [2.05, 4.69) is 4.74 Å². The number of hydrogen-bond acceptors (Lipinski definition) is 9. The first kappa shape index (κ1) is 22.8. The summed E-state index contributed by atoms with van der Waals surface area (Å²) in [6.07, 6.45) is 0. The Kier molecular flexibility index (Phi) is 8.03. The van der Waals surface area contributed by atoms with Crippen molar-refractivity contribution in [2.24, 2.45) is 0 Å². The normalized spacial score (nSPS) is 9.48. The van der Waals surface area contributed by atoms with Gasteiger partial charge in [0.05, 0.1) is 54.4 Å². The molecule has 0 saturated heterocycles. The van der Waals surface area contributed by atoms with Crippen LogP contribution >= 0.6 is 0 Å². The first-order valence-corrected chi connectivity index (χ1v) is 7.61. The molecule has 0 fully saturated rings. The van der Waals surface area contributed by atoms with Crippen LogP contribution in [0.15, 0.2) is 36.4 Å². The Bertz CT molecular complexity index is 910. The molecular formula is C17H16N2O10. The quantitative estimate of drug-likeness (QED) is 0.426. The Morgan fingerprint density at radius 3 is 1.55 bits per heavy atom. The molecule has 0 saturated carbocycles. The molecule has 0 aromatic heterocycles. The topological polar surface area (TPSA) is 168 Å². The van der Waals surface area contributed by atoms with E-state index in [1.54, 1.807) is 0 Å². The smallest absolute Gasteiger partial charge is 0.338 e. The molecule has 29 heavy (non-hydrogen) atoms. The van der Waals surface area contributed by atoms with Gasteiger partial charge in [-0.1, -0.05) is 0 Å². The number of nitro groups is 2. The number of aromatic carboxylic acids is 1. The van der Waals surface area contributed by atoms with Crippen LogP contribution in [-0.4, -0.2) is 48.2 Å². The summed E-state index contributed by atoms with van der Waals surface area (Å²) < 4.78 is 14.0. The number of rotatable bonds is 6. The number of nitrogens with zero attached hydrogens (tertiary/aromatic N) is 2. The van der Waals surface area contributed by atoms with Crippen LogP contribution < -0.4 is 9.47 Å². The van der Waals surface area contributed by atoms with E-state index < -0.39 is 21.8 Å². The highest BCUT2D eigenvalue weighted by atomic mass is 16.6. The van der Waals surface area contributed by atoms with Crippen LogP contribution in [0, 0.1) is 20.2 Å². The van der Waals surface area contributed by atoms with Gasteiger partial charge >= 0.3 is 11.9 Å². The number of nitro benzene ring substituents is 2. The first-order valence-electron chi connectivity index (χ1n) is 7.61. The lowest BCUT2D eigenvalue weighted by molar-refractivity contribution is -0.385. The lowest BCUT2D eigenvalue weighted by Gasteiger charge is -2.03. The van der Waals surface area contributed by atoms with E-state index in [1.165, 1.54) is 39.5 Å². The van der Waals surface area contributed by atoms with Crippen molar-refractivity contribution in [3.05, 3.63) is 67.8 Å². The molecule has 0 aliphatic heterocycles. The molecule has 0 heterocycles. The fourth-order valence-corrected chi connectivity index (χ4v) is 1.97. The highest BCUT2D eigenvalue weighted by molar-refractivity contribution is 5.90. The van der Waals surface area contributed by atoms with Gasteiger partial charge in [-0.25, -0.2) is 9.59 Å². The van der Waals surface area contributed by atoms with E-state index in [9.17, 15) is 29.8 Å². The summed E-state index contributed by atoms with van der Waals surface area (Å²) in [6, 6.07) is 7.09. The van der Waals surface area contributed by atoms with Gasteiger partial charge in [0.25, 0.3) is 11.4 Å². The van der Waals surface area contributed by atoms with Gasteiger partial charge in [-0.05, 0) is 12.1 Å². The monoisotopic (exact) mass is 408 g/mol. The molecule has 0 aliphatic rings. The van der Waals surface area contributed by atoms with Crippen LogP contribution in [0.1, 0.15) is 20.7 Å². The van der Waals surface area contributed by atoms with E-state index in [4.69, 9.17) is 14.6 Å².